The van der Waals surface area contributed by atoms with Crippen molar-refractivity contribution < 1.29 is 9.53 Å². The number of para-hydroxylation sites is 1. The molecule has 3 heteroatoms. The van der Waals surface area contributed by atoms with Gasteiger partial charge in [-0.1, -0.05) is 18.2 Å². The Labute approximate surface area is 94.4 Å². The molecular formula is C13H15NO2. The first kappa shape index (κ1) is 10.7. The predicted molar refractivity (Wildman–Crippen MR) is 63.5 cm³/mol. The van der Waals surface area contributed by atoms with E-state index >= 15 is 0 Å². The number of benzene rings is 1. The minimum absolute atomic E-state index is 0.427. The third-order valence-electron chi connectivity index (χ3n) is 2.94. The number of nitrogens with one attached hydrogen (secondary N) is 1. The maximum atomic E-state index is 10.1. The van der Waals surface area contributed by atoms with Crippen molar-refractivity contribution in [1.82, 2.24) is 4.98 Å². The summed E-state index contributed by atoms with van der Waals surface area (Å²) in [4.78, 5) is 13.5. The summed E-state index contributed by atoms with van der Waals surface area (Å²) in [5.74, 6) is 0. The Morgan fingerprint density at radius 1 is 1.38 bits per heavy atom. The van der Waals surface area contributed by atoms with E-state index in [0.29, 0.717) is 13.1 Å². The Morgan fingerprint density at radius 2 is 2.19 bits per heavy atom. The van der Waals surface area contributed by atoms with Gasteiger partial charge in [-0.05, 0) is 25.0 Å². The summed E-state index contributed by atoms with van der Waals surface area (Å²) in [5.41, 5.74) is 4.81. The third kappa shape index (κ3) is 1.81. The highest BCUT2D eigenvalue weighted by atomic mass is 16.5. The van der Waals surface area contributed by atoms with Crippen LogP contribution in [0.1, 0.15) is 16.8 Å². The van der Waals surface area contributed by atoms with Gasteiger partial charge in [0.25, 0.3) is 6.47 Å². The smallest absolute Gasteiger partial charge is 0.293 e. The van der Waals surface area contributed by atoms with Crippen molar-refractivity contribution >= 4 is 17.4 Å². The van der Waals surface area contributed by atoms with Crippen LogP contribution in [0.25, 0.3) is 10.9 Å². The number of aromatic amines is 1. The van der Waals surface area contributed by atoms with Gasteiger partial charge >= 0.3 is 0 Å². The van der Waals surface area contributed by atoms with Crippen LogP contribution in [-0.4, -0.2) is 18.1 Å². The molecule has 0 aliphatic carbocycles. The molecule has 0 spiro atoms. The Bertz CT molecular complexity index is 514. The lowest BCUT2D eigenvalue weighted by atomic mass is 10.1. The van der Waals surface area contributed by atoms with Gasteiger partial charge in [-0.25, -0.2) is 0 Å². The average Bonchev–Trinajstić information content (AvgIpc) is 2.59. The van der Waals surface area contributed by atoms with Crippen molar-refractivity contribution in [1.29, 1.82) is 0 Å². The van der Waals surface area contributed by atoms with E-state index in [1.54, 1.807) is 0 Å². The fourth-order valence-corrected chi connectivity index (χ4v) is 2.01. The number of H-pyrrole nitrogens is 1. The van der Waals surface area contributed by atoms with E-state index < -0.39 is 0 Å². The summed E-state index contributed by atoms with van der Waals surface area (Å²) in [6.07, 6.45) is 0.735. The third-order valence-corrected chi connectivity index (χ3v) is 2.94. The van der Waals surface area contributed by atoms with Crippen LogP contribution in [0.3, 0.4) is 0 Å². The molecule has 1 aromatic carbocycles. The molecule has 0 bridgehead atoms. The van der Waals surface area contributed by atoms with E-state index in [2.05, 4.69) is 37.0 Å². The molecule has 0 atom stereocenters. The number of rotatable bonds is 4. The Hall–Kier alpha value is -1.77. The van der Waals surface area contributed by atoms with Crippen molar-refractivity contribution in [3.63, 3.8) is 0 Å². The molecule has 84 valence electrons. The zero-order valence-corrected chi connectivity index (χ0v) is 9.54. The highest BCUT2D eigenvalue weighted by Crippen LogP contribution is 2.24. The summed E-state index contributed by atoms with van der Waals surface area (Å²) in [5, 5.41) is 1.25. The van der Waals surface area contributed by atoms with Gasteiger partial charge < -0.3 is 9.72 Å². The minimum Gasteiger partial charge on any atom is -0.467 e. The minimum atomic E-state index is 0.427. The molecule has 1 N–H and O–H groups in total. The molecule has 2 aromatic rings. The highest BCUT2D eigenvalue weighted by Gasteiger charge is 2.08. The molecule has 0 amide bonds. The molecule has 0 unspecified atom stereocenters. The van der Waals surface area contributed by atoms with Crippen molar-refractivity contribution in [2.24, 2.45) is 0 Å². The van der Waals surface area contributed by atoms with E-state index in [1.165, 1.54) is 22.0 Å². The van der Waals surface area contributed by atoms with Gasteiger partial charge in [0.1, 0.15) is 0 Å². The van der Waals surface area contributed by atoms with Crippen molar-refractivity contribution in [2.45, 2.75) is 20.3 Å². The second kappa shape index (κ2) is 4.39. The van der Waals surface area contributed by atoms with Gasteiger partial charge in [0.15, 0.2) is 0 Å². The van der Waals surface area contributed by atoms with E-state index in [-0.39, 0.29) is 0 Å². The monoisotopic (exact) mass is 217 g/mol. The summed E-state index contributed by atoms with van der Waals surface area (Å²) in [6.45, 7) is 5.10. The van der Waals surface area contributed by atoms with Crippen LogP contribution in [-0.2, 0) is 16.0 Å². The van der Waals surface area contributed by atoms with Gasteiger partial charge in [0.05, 0.1) is 6.61 Å². The highest BCUT2D eigenvalue weighted by molar-refractivity contribution is 5.86. The standard InChI is InChI=1S/C13H15NO2/c1-9-4-3-5-11-10(2)12(14-13(9)11)6-7-16-8-15/h3-5,8,14H,6-7H2,1-2H3. The number of carbonyl (C=O) groups is 1. The second-order valence-electron chi connectivity index (χ2n) is 3.94. The summed E-state index contributed by atoms with van der Waals surface area (Å²) in [6, 6.07) is 6.26. The quantitative estimate of drug-likeness (QED) is 0.631. The largest absolute Gasteiger partial charge is 0.467 e. The van der Waals surface area contributed by atoms with E-state index in [4.69, 9.17) is 4.74 Å². The molecule has 0 fully saturated rings. The first-order chi connectivity index (χ1) is 7.74. The molecule has 3 nitrogen and oxygen atoms in total. The molecule has 2 rings (SSSR count). The normalized spacial score (nSPS) is 10.6. The summed E-state index contributed by atoms with van der Waals surface area (Å²) < 4.78 is 4.72. The van der Waals surface area contributed by atoms with Gasteiger partial charge in [-0.3, -0.25) is 4.79 Å². The lowest BCUT2D eigenvalue weighted by molar-refractivity contribution is -0.128. The van der Waals surface area contributed by atoms with Gasteiger partial charge in [-0.15, -0.1) is 0 Å². The average molecular weight is 217 g/mol. The molecule has 0 radical (unpaired) electrons. The molecule has 0 saturated carbocycles. The lowest BCUT2D eigenvalue weighted by Crippen LogP contribution is -1.98. The summed E-state index contributed by atoms with van der Waals surface area (Å²) in [7, 11) is 0. The fourth-order valence-electron chi connectivity index (χ4n) is 2.01. The van der Waals surface area contributed by atoms with Crippen LogP contribution in [0.2, 0.25) is 0 Å². The lowest BCUT2D eigenvalue weighted by Gasteiger charge is -1.98. The van der Waals surface area contributed by atoms with Crippen LogP contribution in [0.4, 0.5) is 0 Å². The zero-order valence-electron chi connectivity index (χ0n) is 9.54. The van der Waals surface area contributed by atoms with Crippen molar-refractivity contribution in [2.75, 3.05) is 6.61 Å². The summed E-state index contributed by atoms with van der Waals surface area (Å²) >= 11 is 0. The van der Waals surface area contributed by atoms with Gasteiger partial charge in [-0.2, -0.15) is 0 Å². The molecule has 0 saturated heterocycles. The first-order valence-electron chi connectivity index (χ1n) is 5.36. The molecule has 1 heterocycles. The molecular weight excluding hydrogens is 202 g/mol. The molecule has 16 heavy (non-hydrogen) atoms. The maximum absolute atomic E-state index is 10.1. The first-order valence-corrected chi connectivity index (χ1v) is 5.36. The fraction of sp³-hybridized carbons (Fsp3) is 0.308. The predicted octanol–water partition coefficient (Wildman–Crippen LogP) is 2.50. The Balaban J connectivity index is 2.36. The Kier molecular flexibility index (Phi) is 2.95. The van der Waals surface area contributed by atoms with Gasteiger partial charge in [0, 0.05) is 23.0 Å². The maximum Gasteiger partial charge on any atom is 0.293 e. The number of hydrogen-bond acceptors (Lipinski definition) is 2. The van der Waals surface area contributed by atoms with Crippen LogP contribution >= 0.6 is 0 Å². The van der Waals surface area contributed by atoms with E-state index in [1.807, 2.05) is 0 Å². The van der Waals surface area contributed by atoms with E-state index in [0.717, 1.165) is 12.1 Å². The molecule has 0 aliphatic rings. The molecule has 1 aromatic heterocycles. The van der Waals surface area contributed by atoms with Crippen molar-refractivity contribution in [3.05, 3.63) is 35.0 Å². The second-order valence-corrected chi connectivity index (χ2v) is 3.94. The van der Waals surface area contributed by atoms with Crippen LogP contribution in [0.15, 0.2) is 18.2 Å². The Morgan fingerprint density at radius 3 is 2.88 bits per heavy atom. The van der Waals surface area contributed by atoms with Crippen LogP contribution in [0, 0.1) is 13.8 Å². The number of aryl methyl sites for hydroxylation is 2. The number of hydrogen-bond donors (Lipinski definition) is 1. The molecule has 0 aliphatic heterocycles. The number of ether oxygens (including phenoxy) is 1. The van der Waals surface area contributed by atoms with Gasteiger partial charge in [0.2, 0.25) is 0 Å². The number of aromatic nitrogens is 1. The van der Waals surface area contributed by atoms with Crippen LogP contribution < -0.4 is 0 Å². The topological polar surface area (TPSA) is 42.1 Å². The van der Waals surface area contributed by atoms with Crippen LogP contribution in [0.5, 0.6) is 0 Å². The SMILES string of the molecule is Cc1c(CCOC=O)[nH]c2c(C)cccc12. The number of fused-ring (bicyclic) bond motifs is 1. The number of carbonyl (C=O) groups excluding carboxylic acids is 1. The van der Waals surface area contributed by atoms with Crippen molar-refractivity contribution in [3.8, 4) is 0 Å². The zero-order chi connectivity index (χ0) is 11.5. The van der Waals surface area contributed by atoms with E-state index in [9.17, 15) is 4.79 Å².